The van der Waals surface area contributed by atoms with Crippen LogP contribution in [0.4, 0.5) is 0 Å². The van der Waals surface area contributed by atoms with E-state index in [1.54, 1.807) is 4.90 Å². The average Bonchev–Trinajstić information content (AvgIpc) is 3.26. The third kappa shape index (κ3) is 5.29. The molecule has 0 spiro atoms. The van der Waals surface area contributed by atoms with Gasteiger partial charge in [-0.1, -0.05) is 41.9 Å². The number of nitrogens with zero attached hydrogens (tertiary/aromatic N) is 2. The normalized spacial score (nSPS) is 14.4. The van der Waals surface area contributed by atoms with Gasteiger partial charge in [0, 0.05) is 19.6 Å². The Kier molecular flexibility index (Phi) is 7.16. The minimum absolute atomic E-state index is 0.0468. The van der Waals surface area contributed by atoms with E-state index < -0.39 is 10.0 Å². The maximum absolute atomic E-state index is 13.3. The van der Waals surface area contributed by atoms with E-state index in [9.17, 15) is 13.2 Å². The van der Waals surface area contributed by atoms with Crippen molar-refractivity contribution in [3.8, 4) is 5.75 Å². The van der Waals surface area contributed by atoms with E-state index in [0.717, 1.165) is 18.4 Å². The summed E-state index contributed by atoms with van der Waals surface area (Å²) in [5.41, 5.74) is 1.01. The van der Waals surface area contributed by atoms with E-state index in [1.807, 2.05) is 30.3 Å². The number of carbonyl (C=O) groups excluding carboxylic acids is 1. The number of amides is 1. The molecule has 3 rings (SSSR count). The van der Waals surface area contributed by atoms with Crippen LogP contribution >= 0.6 is 11.6 Å². The number of methoxy groups -OCH3 is 1. The highest BCUT2D eigenvalue weighted by atomic mass is 35.5. The molecule has 2 aromatic rings. The van der Waals surface area contributed by atoms with Gasteiger partial charge in [0.05, 0.1) is 23.6 Å². The second kappa shape index (κ2) is 9.61. The molecule has 1 amide bonds. The second-order valence-electron chi connectivity index (χ2n) is 6.96. The monoisotopic (exact) mass is 436 g/mol. The topological polar surface area (TPSA) is 66.9 Å². The van der Waals surface area contributed by atoms with Gasteiger partial charge in [0.1, 0.15) is 5.75 Å². The Balaban J connectivity index is 1.85. The molecule has 0 unspecified atom stereocenters. The number of carbonyl (C=O) groups is 1. The summed E-state index contributed by atoms with van der Waals surface area (Å²) >= 11 is 6.14. The first-order chi connectivity index (χ1) is 13.9. The first-order valence-corrected chi connectivity index (χ1v) is 11.4. The van der Waals surface area contributed by atoms with E-state index in [0.29, 0.717) is 25.3 Å². The lowest BCUT2D eigenvalue weighted by molar-refractivity contribution is -0.130. The van der Waals surface area contributed by atoms with Crippen molar-refractivity contribution in [3.63, 3.8) is 0 Å². The Bertz CT molecular complexity index is 944. The Morgan fingerprint density at radius 3 is 2.45 bits per heavy atom. The molecule has 1 fully saturated rings. The van der Waals surface area contributed by atoms with Crippen molar-refractivity contribution in [2.45, 2.75) is 24.2 Å². The van der Waals surface area contributed by atoms with Crippen molar-refractivity contribution in [2.75, 3.05) is 33.3 Å². The van der Waals surface area contributed by atoms with Crippen molar-refractivity contribution in [3.05, 3.63) is 59.1 Å². The number of hydrogen-bond donors (Lipinski definition) is 0. The van der Waals surface area contributed by atoms with Gasteiger partial charge >= 0.3 is 0 Å². The zero-order valence-corrected chi connectivity index (χ0v) is 18.0. The predicted octanol–water partition coefficient (Wildman–Crippen LogP) is 3.20. The van der Waals surface area contributed by atoms with Gasteiger partial charge in [0.15, 0.2) is 0 Å². The standard InChI is InChI=1S/C21H25ClN2O4S/c1-28-20-10-9-18(15-19(20)22)29(26,27)24(14-11-17-7-3-2-4-8-17)16-21(25)23-12-5-6-13-23/h2-4,7-10,15H,5-6,11-14,16H2,1H3. The molecule has 0 saturated carbocycles. The smallest absolute Gasteiger partial charge is 0.243 e. The molecular formula is C21H25ClN2O4S. The lowest BCUT2D eigenvalue weighted by atomic mass is 10.1. The van der Waals surface area contributed by atoms with E-state index >= 15 is 0 Å². The molecule has 0 radical (unpaired) electrons. The van der Waals surface area contributed by atoms with Crippen LogP contribution in [0.25, 0.3) is 0 Å². The maximum Gasteiger partial charge on any atom is 0.243 e. The predicted molar refractivity (Wildman–Crippen MR) is 113 cm³/mol. The number of likely N-dealkylation sites (tertiary alicyclic amines) is 1. The number of hydrogen-bond acceptors (Lipinski definition) is 4. The van der Waals surface area contributed by atoms with Crippen LogP contribution in [-0.2, 0) is 21.2 Å². The van der Waals surface area contributed by atoms with Gasteiger partial charge in [0.2, 0.25) is 15.9 Å². The molecule has 0 aromatic heterocycles. The molecule has 0 aliphatic carbocycles. The summed E-state index contributed by atoms with van der Waals surface area (Å²) in [5.74, 6) is 0.230. The molecule has 1 aliphatic rings. The fourth-order valence-corrected chi connectivity index (χ4v) is 5.10. The SMILES string of the molecule is COc1ccc(S(=O)(=O)N(CCc2ccccc2)CC(=O)N2CCCC2)cc1Cl. The lowest BCUT2D eigenvalue weighted by Gasteiger charge is -2.25. The van der Waals surface area contributed by atoms with Gasteiger partial charge in [-0.05, 0) is 43.0 Å². The second-order valence-corrected chi connectivity index (χ2v) is 9.30. The van der Waals surface area contributed by atoms with Gasteiger partial charge in [0.25, 0.3) is 0 Å². The Labute approximate surface area is 177 Å². The molecule has 0 bridgehead atoms. The molecule has 1 saturated heterocycles. The van der Waals surface area contributed by atoms with Crippen molar-refractivity contribution in [1.82, 2.24) is 9.21 Å². The van der Waals surface area contributed by atoms with Crippen LogP contribution in [0.2, 0.25) is 5.02 Å². The minimum Gasteiger partial charge on any atom is -0.495 e. The summed E-state index contributed by atoms with van der Waals surface area (Å²) in [7, 11) is -2.43. The van der Waals surface area contributed by atoms with Crippen LogP contribution in [0, 0.1) is 0 Å². The molecule has 6 nitrogen and oxygen atoms in total. The van der Waals surface area contributed by atoms with Crippen LogP contribution in [0.15, 0.2) is 53.4 Å². The molecule has 0 N–H and O–H groups in total. The zero-order valence-electron chi connectivity index (χ0n) is 16.4. The van der Waals surface area contributed by atoms with Crippen molar-refractivity contribution in [1.29, 1.82) is 0 Å². The highest BCUT2D eigenvalue weighted by Gasteiger charge is 2.29. The van der Waals surface area contributed by atoms with Crippen LogP contribution in [0.1, 0.15) is 18.4 Å². The fraction of sp³-hybridized carbons (Fsp3) is 0.381. The van der Waals surface area contributed by atoms with Gasteiger partial charge in [-0.2, -0.15) is 4.31 Å². The molecular weight excluding hydrogens is 412 g/mol. The first-order valence-electron chi connectivity index (χ1n) is 9.57. The number of benzene rings is 2. The summed E-state index contributed by atoms with van der Waals surface area (Å²) in [4.78, 5) is 14.5. The van der Waals surface area contributed by atoms with Gasteiger partial charge in [-0.25, -0.2) is 8.42 Å². The summed E-state index contributed by atoms with van der Waals surface area (Å²) in [6.07, 6.45) is 2.42. The van der Waals surface area contributed by atoms with Crippen LogP contribution < -0.4 is 4.74 Å². The van der Waals surface area contributed by atoms with E-state index in [1.165, 1.54) is 29.6 Å². The Morgan fingerprint density at radius 2 is 1.83 bits per heavy atom. The Morgan fingerprint density at radius 1 is 1.14 bits per heavy atom. The van der Waals surface area contributed by atoms with E-state index in [2.05, 4.69) is 0 Å². The highest BCUT2D eigenvalue weighted by Crippen LogP contribution is 2.28. The quantitative estimate of drug-likeness (QED) is 0.637. The number of rotatable bonds is 8. The maximum atomic E-state index is 13.3. The van der Waals surface area contributed by atoms with Crippen molar-refractivity contribution in [2.24, 2.45) is 0 Å². The van der Waals surface area contributed by atoms with E-state index in [4.69, 9.17) is 16.3 Å². The van der Waals surface area contributed by atoms with Gasteiger partial charge in [-0.15, -0.1) is 0 Å². The number of halogens is 1. The fourth-order valence-electron chi connectivity index (χ4n) is 3.36. The minimum atomic E-state index is -3.90. The number of ether oxygens (including phenoxy) is 1. The molecule has 0 atom stereocenters. The molecule has 1 aliphatic heterocycles. The summed E-state index contributed by atoms with van der Waals surface area (Å²) in [5, 5.41) is 0.211. The van der Waals surface area contributed by atoms with Crippen LogP contribution in [-0.4, -0.2) is 56.8 Å². The van der Waals surface area contributed by atoms with Crippen LogP contribution in [0.5, 0.6) is 5.75 Å². The van der Waals surface area contributed by atoms with Crippen molar-refractivity contribution >= 4 is 27.5 Å². The van der Waals surface area contributed by atoms with Crippen molar-refractivity contribution < 1.29 is 17.9 Å². The van der Waals surface area contributed by atoms with Gasteiger partial charge < -0.3 is 9.64 Å². The summed E-state index contributed by atoms with van der Waals surface area (Å²) < 4.78 is 33.0. The third-order valence-electron chi connectivity index (χ3n) is 5.02. The zero-order chi connectivity index (χ0) is 20.9. The average molecular weight is 437 g/mol. The van der Waals surface area contributed by atoms with Gasteiger partial charge in [-0.3, -0.25) is 4.79 Å². The molecule has 8 heteroatoms. The number of sulfonamides is 1. The Hall–Kier alpha value is -2.09. The molecule has 29 heavy (non-hydrogen) atoms. The molecule has 2 aromatic carbocycles. The summed E-state index contributed by atoms with van der Waals surface area (Å²) in [6.45, 7) is 1.38. The third-order valence-corrected chi connectivity index (χ3v) is 7.16. The summed E-state index contributed by atoms with van der Waals surface area (Å²) in [6, 6.07) is 14.0. The highest BCUT2D eigenvalue weighted by molar-refractivity contribution is 7.89. The lowest BCUT2D eigenvalue weighted by Crippen LogP contribution is -2.42. The largest absolute Gasteiger partial charge is 0.495 e. The molecule has 156 valence electrons. The molecule has 1 heterocycles. The first kappa shape index (κ1) is 21.6. The van der Waals surface area contributed by atoms with E-state index in [-0.39, 0.29) is 28.9 Å². The van der Waals surface area contributed by atoms with Crippen LogP contribution in [0.3, 0.4) is 0 Å².